The number of pyridine rings is 1. The summed E-state index contributed by atoms with van der Waals surface area (Å²) >= 11 is 0. The summed E-state index contributed by atoms with van der Waals surface area (Å²) in [6.45, 7) is 6.21. The lowest BCUT2D eigenvalue weighted by molar-refractivity contribution is 0.0699. The fourth-order valence-corrected chi connectivity index (χ4v) is 4.24. The fraction of sp³-hybridized carbons (Fsp3) is 0.143. The van der Waals surface area contributed by atoms with Crippen molar-refractivity contribution in [3.05, 3.63) is 94.5 Å². The number of para-hydroxylation sites is 1. The van der Waals surface area contributed by atoms with Gasteiger partial charge in [0.05, 0.1) is 11.1 Å². The molecule has 5 heteroatoms. The molecule has 1 N–H and O–H groups in total. The number of carboxylic acids is 1. The van der Waals surface area contributed by atoms with Gasteiger partial charge < -0.3 is 14.3 Å². The Labute approximate surface area is 191 Å². The second-order valence-electron chi connectivity index (χ2n) is 8.25. The first-order valence-corrected chi connectivity index (χ1v) is 10.8. The van der Waals surface area contributed by atoms with E-state index in [-0.39, 0.29) is 5.56 Å². The largest absolute Gasteiger partial charge is 0.485 e. The van der Waals surface area contributed by atoms with Crippen LogP contribution >= 0.6 is 0 Å². The lowest BCUT2D eigenvalue weighted by Crippen LogP contribution is -2.02. The molecule has 2 aromatic heterocycles. The molecule has 0 aliphatic rings. The topological polar surface area (TPSA) is 72.6 Å². The van der Waals surface area contributed by atoms with Gasteiger partial charge in [0.25, 0.3) is 0 Å². The zero-order chi connectivity index (χ0) is 23.1. The van der Waals surface area contributed by atoms with Crippen LogP contribution < -0.4 is 4.74 Å². The molecule has 0 aliphatic carbocycles. The van der Waals surface area contributed by atoms with Gasteiger partial charge in [0.2, 0.25) is 0 Å². The van der Waals surface area contributed by atoms with Gasteiger partial charge in [0.1, 0.15) is 12.3 Å². The molecule has 0 bridgehead atoms. The Hall–Kier alpha value is -4.12. The molecule has 33 heavy (non-hydrogen) atoms. The molecular weight excluding hydrogens is 414 g/mol. The predicted molar refractivity (Wildman–Crippen MR) is 129 cm³/mol. The van der Waals surface area contributed by atoms with E-state index >= 15 is 0 Å². The van der Waals surface area contributed by atoms with Crippen LogP contribution in [0.2, 0.25) is 0 Å². The smallest absolute Gasteiger partial charge is 0.336 e. The number of aryl methyl sites for hydroxylation is 3. The van der Waals surface area contributed by atoms with E-state index in [0.717, 1.165) is 27.6 Å². The van der Waals surface area contributed by atoms with E-state index in [1.54, 1.807) is 6.07 Å². The molecule has 0 saturated heterocycles. The molecule has 3 aromatic carbocycles. The van der Waals surface area contributed by atoms with Crippen LogP contribution in [0.3, 0.4) is 0 Å². The standard InChI is InChI=1S/C28H23NO4/c1-16-12-13-17(2)25-24(16)21(28(30)31)14-22(29-25)26-18(3)20-10-7-11-23(27(20)33-26)32-15-19-8-5-4-6-9-19/h4-14H,15H2,1-3H3,(H,30,31). The van der Waals surface area contributed by atoms with Gasteiger partial charge in [0, 0.05) is 16.3 Å². The number of rotatable bonds is 5. The van der Waals surface area contributed by atoms with E-state index in [1.807, 2.05) is 81.4 Å². The van der Waals surface area contributed by atoms with Crippen molar-refractivity contribution in [3.63, 3.8) is 0 Å². The Bertz CT molecular complexity index is 1520. The molecular formula is C28H23NO4. The van der Waals surface area contributed by atoms with Crippen molar-refractivity contribution >= 4 is 27.8 Å². The highest BCUT2D eigenvalue weighted by Crippen LogP contribution is 2.38. The lowest BCUT2D eigenvalue weighted by Gasteiger charge is -2.10. The van der Waals surface area contributed by atoms with Gasteiger partial charge >= 0.3 is 5.97 Å². The number of fused-ring (bicyclic) bond motifs is 2. The van der Waals surface area contributed by atoms with Crippen molar-refractivity contribution in [2.45, 2.75) is 27.4 Å². The summed E-state index contributed by atoms with van der Waals surface area (Å²) in [7, 11) is 0. The minimum absolute atomic E-state index is 0.219. The zero-order valence-corrected chi connectivity index (χ0v) is 18.7. The van der Waals surface area contributed by atoms with Crippen LogP contribution in [0.5, 0.6) is 5.75 Å². The van der Waals surface area contributed by atoms with Crippen molar-refractivity contribution in [1.29, 1.82) is 0 Å². The molecule has 2 heterocycles. The number of furan rings is 1. The normalized spacial score (nSPS) is 11.2. The molecule has 0 atom stereocenters. The van der Waals surface area contributed by atoms with Crippen LogP contribution in [-0.4, -0.2) is 16.1 Å². The molecule has 5 nitrogen and oxygen atoms in total. The van der Waals surface area contributed by atoms with Crippen LogP contribution in [0.25, 0.3) is 33.3 Å². The molecule has 0 unspecified atom stereocenters. The average Bonchev–Trinajstić information content (AvgIpc) is 3.17. The second-order valence-corrected chi connectivity index (χ2v) is 8.25. The Balaban J connectivity index is 1.65. The van der Waals surface area contributed by atoms with Crippen molar-refractivity contribution in [3.8, 4) is 17.2 Å². The van der Waals surface area contributed by atoms with Gasteiger partial charge in [-0.2, -0.15) is 0 Å². The van der Waals surface area contributed by atoms with Crippen molar-refractivity contribution in [1.82, 2.24) is 4.98 Å². The van der Waals surface area contributed by atoms with Gasteiger partial charge in [-0.15, -0.1) is 0 Å². The summed E-state index contributed by atoms with van der Waals surface area (Å²) in [6, 6.07) is 21.2. The first kappa shape index (κ1) is 20.8. The quantitative estimate of drug-likeness (QED) is 0.325. The molecule has 5 rings (SSSR count). The number of hydrogen-bond acceptors (Lipinski definition) is 4. The number of carbonyl (C=O) groups is 1. The van der Waals surface area contributed by atoms with E-state index in [1.165, 1.54) is 0 Å². The van der Waals surface area contributed by atoms with E-state index < -0.39 is 5.97 Å². The third-order valence-corrected chi connectivity index (χ3v) is 6.00. The van der Waals surface area contributed by atoms with Gasteiger partial charge in [-0.25, -0.2) is 9.78 Å². The monoisotopic (exact) mass is 437 g/mol. The first-order chi connectivity index (χ1) is 15.9. The third kappa shape index (κ3) is 3.61. The molecule has 0 amide bonds. The summed E-state index contributed by atoms with van der Waals surface area (Å²) in [6.07, 6.45) is 0. The number of aromatic nitrogens is 1. The van der Waals surface area contributed by atoms with Crippen LogP contribution in [-0.2, 0) is 6.61 Å². The van der Waals surface area contributed by atoms with Gasteiger partial charge in [-0.05, 0) is 49.6 Å². The number of benzene rings is 3. The molecule has 5 aromatic rings. The molecule has 0 fully saturated rings. The number of nitrogens with zero attached hydrogens (tertiary/aromatic N) is 1. The van der Waals surface area contributed by atoms with E-state index in [0.29, 0.717) is 40.3 Å². The number of hydrogen-bond donors (Lipinski definition) is 1. The maximum Gasteiger partial charge on any atom is 0.336 e. The molecule has 0 saturated carbocycles. The van der Waals surface area contributed by atoms with E-state index in [9.17, 15) is 9.90 Å². The predicted octanol–water partition coefficient (Wildman–Crippen LogP) is 6.85. The van der Waals surface area contributed by atoms with E-state index in [2.05, 4.69) is 0 Å². The van der Waals surface area contributed by atoms with Gasteiger partial charge in [-0.1, -0.05) is 54.6 Å². The summed E-state index contributed by atoms with van der Waals surface area (Å²) in [5, 5.41) is 11.5. The van der Waals surface area contributed by atoms with Crippen molar-refractivity contribution in [2.75, 3.05) is 0 Å². The minimum Gasteiger partial charge on any atom is -0.485 e. The molecule has 164 valence electrons. The number of aromatic carboxylic acids is 1. The Morgan fingerprint density at radius 1 is 0.970 bits per heavy atom. The van der Waals surface area contributed by atoms with E-state index in [4.69, 9.17) is 14.1 Å². The first-order valence-electron chi connectivity index (χ1n) is 10.8. The highest BCUT2D eigenvalue weighted by atomic mass is 16.5. The maximum atomic E-state index is 12.1. The van der Waals surface area contributed by atoms with Crippen LogP contribution in [0.1, 0.15) is 32.6 Å². The zero-order valence-electron chi connectivity index (χ0n) is 18.7. The molecule has 0 spiro atoms. The van der Waals surface area contributed by atoms with Crippen LogP contribution in [0, 0.1) is 20.8 Å². The maximum absolute atomic E-state index is 12.1. The summed E-state index contributed by atoms with van der Waals surface area (Å²) in [5.74, 6) is 0.195. The Morgan fingerprint density at radius 2 is 1.73 bits per heavy atom. The minimum atomic E-state index is -0.988. The Morgan fingerprint density at radius 3 is 2.48 bits per heavy atom. The second kappa shape index (κ2) is 8.10. The van der Waals surface area contributed by atoms with Crippen molar-refractivity contribution in [2.24, 2.45) is 0 Å². The van der Waals surface area contributed by atoms with Gasteiger partial charge in [-0.3, -0.25) is 0 Å². The number of ether oxygens (including phenoxy) is 1. The van der Waals surface area contributed by atoms with Crippen LogP contribution in [0.4, 0.5) is 0 Å². The Kier molecular flexibility index (Phi) is 5.09. The lowest BCUT2D eigenvalue weighted by atomic mass is 9.99. The van der Waals surface area contributed by atoms with Gasteiger partial charge in [0.15, 0.2) is 17.1 Å². The summed E-state index contributed by atoms with van der Waals surface area (Å²) in [5.41, 5.74) is 5.76. The fourth-order valence-electron chi connectivity index (χ4n) is 4.24. The van der Waals surface area contributed by atoms with Crippen molar-refractivity contribution < 1.29 is 19.1 Å². The molecule has 0 aliphatic heterocycles. The van der Waals surface area contributed by atoms with Crippen LogP contribution in [0.15, 0.2) is 71.1 Å². The SMILES string of the molecule is Cc1c(-c2cc(C(=O)O)c3c(C)ccc(C)c3n2)oc2c(OCc3ccccc3)cccc12. The number of carboxylic acid groups (broad SMARTS) is 1. The third-order valence-electron chi connectivity index (χ3n) is 6.00. The summed E-state index contributed by atoms with van der Waals surface area (Å²) < 4.78 is 12.3. The molecule has 0 radical (unpaired) electrons. The highest BCUT2D eigenvalue weighted by Gasteiger charge is 2.21. The average molecular weight is 437 g/mol. The summed E-state index contributed by atoms with van der Waals surface area (Å²) in [4.78, 5) is 16.9. The highest BCUT2D eigenvalue weighted by molar-refractivity contribution is 6.06.